The lowest BCUT2D eigenvalue weighted by molar-refractivity contribution is -0.111. The van der Waals surface area contributed by atoms with E-state index in [0.29, 0.717) is 6.08 Å². The van der Waals surface area contributed by atoms with Gasteiger partial charge in [-0.3, -0.25) is 0 Å². The molecular formula is C8H5F5O. The molecule has 0 fully saturated rings. The fourth-order valence-electron chi connectivity index (χ4n) is 1.08. The van der Waals surface area contributed by atoms with E-state index in [1.807, 2.05) is 0 Å². The average Bonchev–Trinajstić information content (AvgIpc) is 2.07. The molecule has 0 aromatic rings. The summed E-state index contributed by atoms with van der Waals surface area (Å²) in [7, 11) is 0. The van der Waals surface area contributed by atoms with Crippen molar-refractivity contribution in [2.24, 2.45) is 5.92 Å². The van der Waals surface area contributed by atoms with Crippen LogP contribution in [0.2, 0.25) is 0 Å². The Bertz CT molecular complexity index is 312. The van der Waals surface area contributed by atoms with Crippen molar-refractivity contribution < 1.29 is 26.7 Å². The number of halogens is 5. The number of hydrogen-bond donors (Lipinski definition) is 0. The zero-order valence-electron chi connectivity index (χ0n) is 6.74. The topological polar surface area (TPSA) is 17.1 Å². The summed E-state index contributed by atoms with van der Waals surface area (Å²) in [5.74, 6) is -5.06. The van der Waals surface area contributed by atoms with Gasteiger partial charge in [-0.05, 0) is 6.42 Å². The standard InChI is InChI=1S/C8H5F5O/c9-6-4(3-14)1-2-5(7(6)10)8(11,12)13/h2-4H,1H2/t4-/m1/s1. The summed E-state index contributed by atoms with van der Waals surface area (Å²) >= 11 is 0. The zero-order valence-corrected chi connectivity index (χ0v) is 6.74. The normalized spacial score (nSPS) is 23.5. The molecule has 0 saturated carbocycles. The number of rotatable bonds is 1. The SMILES string of the molecule is O=C[C@H]1CC=C(C(F)(F)F)C(F)=C1F. The summed E-state index contributed by atoms with van der Waals surface area (Å²) in [4.78, 5) is 10.1. The van der Waals surface area contributed by atoms with E-state index in [1.54, 1.807) is 0 Å². The third-order valence-electron chi connectivity index (χ3n) is 1.82. The predicted octanol–water partition coefficient (Wildman–Crippen LogP) is 2.84. The van der Waals surface area contributed by atoms with Crippen LogP contribution in [-0.4, -0.2) is 12.5 Å². The van der Waals surface area contributed by atoms with Gasteiger partial charge in [0.1, 0.15) is 12.1 Å². The first kappa shape index (κ1) is 10.9. The molecule has 0 radical (unpaired) electrons. The first-order chi connectivity index (χ1) is 6.38. The van der Waals surface area contributed by atoms with Crippen LogP contribution >= 0.6 is 0 Å². The van der Waals surface area contributed by atoms with E-state index >= 15 is 0 Å². The molecule has 1 rings (SSSR count). The van der Waals surface area contributed by atoms with Crippen molar-refractivity contribution in [1.82, 2.24) is 0 Å². The lowest BCUT2D eigenvalue weighted by Gasteiger charge is -2.17. The van der Waals surface area contributed by atoms with Crippen LogP contribution in [0, 0.1) is 5.92 Å². The largest absolute Gasteiger partial charge is 0.419 e. The Kier molecular flexibility index (Phi) is 2.73. The van der Waals surface area contributed by atoms with E-state index in [2.05, 4.69) is 0 Å². The van der Waals surface area contributed by atoms with Crippen LogP contribution < -0.4 is 0 Å². The highest BCUT2D eigenvalue weighted by atomic mass is 19.4. The maximum absolute atomic E-state index is 12.8. The molecule has 6 heteroatoms. The van der Waals surface area contributed by atoms with Crippen molar-refractivity contribution in [1.29, 1.82) is 0 Å². The molecule has 0 N–H and O–H groups in total. The third-order valence-corrected chi connectivity index (χ3v) is 1.82. The average molecular weight is 212 g/mol. The number of allylic oxidation sites excluding steroid dienone is 4. The molecule has 0 heterocycles. The number of aldehydes is 1. The van der Waals surface area contributed by atoms with Crippen LogP contribution in [0.15, 0.2) is 23.3 Å². The minimum Gasteiger partial charge on any atom is -0.303 e. The van der Waals surface area contributed by atoms with Gasteiger partial charge in [0, 0.05) is 0 Å². The lowest BCUT2D eigenvalue weighted by Crippen LogP contribution is -2.19. The summed E-state index contributed by atoms with van der Waals surface area (Å²) in [6.07, 6.45) is -4.82. The lowest BCUT2D eigenvalue weighted by atomic mass is 9.95. The smallest absolute Gasteiger partial charge is 0.303 e. The molecule has 0 bridgehead atoms. The van der Waals surface area contributed by atoms with Gasteiger partial charge in [0.25, 0.3) is 0 Å². The highest BCUT2D eigenvalue weighted by molar-refractivity contribution is 5.61. The van der Waals surface area contributed by atoms with Crippen molar-refractivity contribution >= 4 is 6.29 Å². The first-order valence-electron chi connectivity index (χ1n) is 3.66. The number of carbonyl (C=O) groups is 1. The Balaban J connectivity index is 3.07. The van der Waals surface area contributed by atoms with Gasteiger partial charge in [0.05, 0.1) is 11.5 Å². The van der Waals surface area contributed by atoms with E-state index in [9.17, 15) is 26.7 Å². The zero-order chi connectivity index (χ0) is 10.9. The molecule has 0 aromatic heterocycles. The molecule has 78 valence electrons. The highest BCUT2D eigenvalue weighted by Crippen LogP contribution is 2.39. The summed E-state index contributed by atoms with van der Waals surface area (Å²) in [6, 6.07) is 0. The Hall–Kier alpha value is -1.20. The van der Waals surface area contributed by atoms with Crippen molar-refractivity contribution in [3.05, 3.63) is 23.3 Å². The van der Waals surface area contributed by atoms with Gasteiger partial charge in [-0.2, -0.15) is 13.2 Å². The second kappa shape index (κ2) is 3.51. The molecule has 1 aliphatic rings. The number of carbonyl (C=O) groups excluding carboxylic acids is 1. The Morgan fingerprint density at radius 3 is 2.36 bits per heavy atom. The quantitative estimate of drug-likeness (QED) is 0.482. The molecule has 0 unspecified atom stereocenters. The fourth-order valence-corrected chi connectivity index (χ4v) is 1.08. The Morgan fingerprint density at radius 2 is 1.93 bits per heavy atom. The summed E-state index contributed by atoms with van der Waals surface area (Å²) in [5.41, 5.74) is -1.65. The van der Waals surface area contributed by atoms with E-state index in [1.165, 1.54) is 0 Å². The van der Waals surface area contributed by atoms with Crippen molar-refractivity contribution in [2.75, 3.05) is 0 Å². The second-order valence-corrected chi connectivity index (χ2v) is 2.76. The Labute approximate surface area is 75.9 Å². The number of hydrogen-bond acceptors (Lipinski definition) is 1. The van der Waals surface area contributed by atoms with Crippen LogP contribution in [0.25, 0.3) is 0 Å². The van der Waals surface area contributed by atoms with Gasteiger partial charge in [-0.1, -0.05) is 6.08 Å². The molecule has 0 amide bonds. The van der Waals surface area contributed by atoms with Gasteiger partial charge in [-0.15, -0.1) is 0 Å². The third kappa shape index (κ3) is 1.83. The second-order valence-electron chi connectivity index (χ2n) is 2.76. The molecule has 14 heavy (non-hydrogen) atoms. The van der Waals surface area contributed by atoms with Gasteiger partial charge in [0.2, 0.25) is 0 Å². The summed E-state index contributed by atoms with van der Waals surface area (Å²) < 4.78 is 61.5. The van der Waals surface area contributed by atoms with Crippen LogP contribution in [0.1, 0.15) is 6.42 Å². The fraction of sp³-hybridized carbons (Fsp3) is 0.375. The summed E-state index contributed by atoms with van der Waals surface area (Å²) in [5, 5.41) is 0. The van der Waals surface area contributed by atoms with Crippen LogP contribution in [0.5, 0.6) is 0 Å². The molecule has 1 nitrogen and oxygen atoms in total. The van der Waals surface area contributed by atoms with Crippen LogP contribution in [0.4, 0.5) is 22.0 Å². The number of alkyl halides is 3. The van der Waals surface area contributed by atoms with E-state index in [-0.39, 0.29) is 6.29 Å². The molecular weight excluding hydrogens is 207 g/mol. The minimum absolute atomic E-state index is 0.0819. The van der Waals surface area contributed by atoms with Gasteiger partial charge in [0.15, 0.2) is 5.83 Å². The van der Waals surface area contributed by atoms with Crippen LogP contribution in [0.3, 0.4) is 0 Å². The predicted molar refractivity (Wildman–Crippen MR) is 37.6 cm³/mol. The summed E-state index contributed by atoms with van der Waals surface area (Å²) in [6.45, 7) is 0. The molecule has 0 aromatic carbocycles. The molecule has 0 aliphatic heterocycles. The Morgan fingerprint density at radius 1 is 1.36 bits per heavy atom. The van der Waals surface area contributed by atoms with E-state index in [0.717, 1.165) is 0 Å². The minimum atomic E-state index is -4.92. The van der Waals surface area contributed by atoms with Crippen molar-refractivity contribution in [3.8, 4) is 0 Å². The van der Waals surface area contributed by atoms with Gasteiger partial charge >= 0.3 is 6.18 Å². The van der Waals surface area contributed by atoms with Crippen molar-refractivity contribution in [3.63, 3.8) is 0 Å². The maximum Gasteiger partial charge on any atom is 0.419 e. The van der Waals surface area contributed by atoms with E-state index in [4.69, 9.17) is 0 Å². The van der Waals surface area contributed by atoms with Crippen LogP contribution in [-0.2, 0) is 4.79 Å². The van der Waals surface area contributed by atoms with E-state index < -0.39 is 35.7 Å². The van der Waals surface area contributed by atoms with Gasteiger partial charge < -0.3 is 4.79 Å². The molecule has 0 saturated heterocycles. The molecule has 1 atom stereocenters. The molecule has 1 aliphatic carbocycles. The first-order valence-corrected chi connectivity index (χ1v) is 3.66. The monoisotopic (exact) mass is 212 g/mol. The highest BCUT2D eigenvalue weighted by Gasteiger charge is 2.41. The maximum atomic E-state index is 12.8. The van der Waals surface area contributed by atoms with Gasteiger partial charge in [-0.25, -0.2) is 8.78 Å². The van der Waals surface area contributed by atoms with Crippen molar-refractivity contribution in [2.45, 2.75) is 12.6 Å². The molecule has 0 spiro atoms.